The fourth-order valence-electron chi connectivity index (χ4n) is 4.41. The van der Waals surface area contributed by atoms with Crippen LogP contribution in [-0.2, 0) is 0 Å². The first-order valence-electron chi connectivity index (χ1n) is 9.71. The number of rotatable bonds is 7. The van der Waals surface area contributed by atoms with E-state index in [9.17, 15) is 0 Å². The van der Waals surface area contributed by atoms with Crippen molar-refractivity contribution in [3.8, 4) is 0 Å². The smallest absolute Gasteiger partial charge is 0.0224 e. The van der Waals surface area contributed by atoms with Crippen LogP contribution in [0.5, 0.6) is 0 Å². The number of unbranched alkanes of at least 4 members (excludes halogenated alkanes) is 3. The molecule has 1 saturated carbocycles. The third kappa shape index (κ3) is 5.25. The van der Waals surface area contributed by atoms with Gasteiger partial charge in [0.2, 0.25) is 0 Å². The van der Waals surface area contributed by atoms with Crippen LogP contribution in [0.25, 0.3) is 0 Å². The zero-order valence-corrected chi connectivity index (χ0v) is 14.7. The standard InChI is InChI=1S/C19H38N2/c1-4-5-6-8-11-16(2)21-15-19(20-14-17(21)3)18-12-9-7-10-13-18/h16-20H,4-15H2,1-3H3. The van der Waals surface area contributed by atoms with Crippen LogP contribution in [0, 0.1) is 5.92 Å². The molecule has 1 heterocycles. The molecule has 2 nitrogen and oxygen atoms in total. The quantitative estimate of drug-likeness (QED) is 0.691. The lowest BCUT2D eigenvalue weighted by Gasteiger charge is -2.45. The summed E-state index contributed by atoms with van der Waals surface area (Å²) in [6.45, 7) is 9.66. The van der Waals surface area contributed by atoms with E-state index in [1.165, 1.54) is 77.3 Å². The molecule has 3 atom stereocenters. The van der Waals surface area contributed by atoms with Crippen molar-refractivity contribution in [3.63, 3.8) is 0 Å². The minimum atomic E-state index is 0.714. The van der Waals surface area contributed by atoms with Gasteiger partial charge < -0.3 is 5.32 Å². The maximum Gasteiger partial charge on any atom is 0.0224 e. The summed E-state index contributed by atoms with van der Waals surface area (Å²) in [5.74, 6) is 0.945. The second-order valence-corrected chi connectivity index (χ2v) is 7.66. The van der Waals surface area contributed by atoms with Gasteiger partial charge in [-0.3, -0.25) is 4.90 Å². The van der Waals surface area contributed by atoms with Crippen molar-refractivity contribution in [3.05, 3.63) is 0 Å². The zero-order valence-electron chi connectivity index (χ0n) is 14.7. The average molecular weight is 295 g/mol. The molecule has 0 bridgehead atoms. The van der Waals surface area contributed by atoms with Crippen molar-refractivity contribution >= 4 is 0 Å². The molecule has 2 heteroatoms. The van der Waals surface area contributed by atoms with Crippen LogP contribution in [0.3, 0.4) is 0 Å². The Balaban J connectivity index is 1.79. The van der Waals surface area contributed by atoms with Gasteiger partial charge in [0.15, 0.2) is 0 Å². The molecule has 1 saturated heterocycles. The molecule has 1 N–H and O–H groups in total. The van der Waals surface area contributed by atoms with Gasteiger partial charge in [-0.2, -0.15) is 0 Å². The van der Waals surface area contributed by atoms with E-state index < -0.39 is 0 Å². The van der Waals surface area contributed by atoms with E-state index in [-0.39, 0.29) is 0 Å². The highest BCUT2D eigenvalue weighted by atomic mass is 15.2. The molecule has 0 amide bonds. The molecule has 21 heavy (non-hydrogen) atoms. The molecule has 0 spiro atoms. The van der Waals surface area contributed by atoms with Gasteiger partial charge in [-0.05, 0) is 39.0 Å². The van der Waals surface area contributed by atoms with Crippen LogP contribution in [-0.4, -0.2) is 36.1 Å². The fourth-order valence-corrected chi connectivity index (χ4v) is 4.41. The Labute approximate surface area is 133 Å². The zero-order chi connectivity index (χ0) is 15.1. The van der Waals surface area contributed by atoms with Gasteiger partial charge in [0.05, 0.1) is 0 Å². The molecule has 2 rings (SSSR count). The average Bonchev–Trinajstić information content (AvgIpc) is 2.52. The Kier molecular flexibility index (Phi) is 7.53. The summed E-state index contributed by atoms with van der Waals surface area (Å²) in [6, 6.07) is 2.25. The molecule has 124 valence electrons. The minimum Gasteiger partial charge on any atom is -0.311 e. The molecule has 2 aliphatic rings. The Hall–Kier alpha value is -0.0800. The predicted octanol–water partition coefficient (Wildman–Crippen LogP) is 4.59. The molecular formula is C19H38N2. The maximum absolute atomic E-state index is 3.86. The minimum absolute atomic E-state index is 0.714. The van der Waals surface area contributed by atoms with E-state index in [1.54, 1.807) is 0 Å². The largest absolute Gasteiger partial charge is 0.311 e. The number of nitrogens with one attached hydrogen (secondary N) is 1. The SMILES string of the molecule is CCCCCCC(C)N1CC(C2CCCCC2)NCC1C. The fraction of sp³-hybridized carbons (Fsp3) is 1.00. The summed E-state index contributed by atoms with van der Waals surface area (Å²) >= 11 is 0. The first-order chi connectivity index (χ1) is 10.2. The molecule has 0 aromatic carbocycles. The highest BCUT2D eigenvalue weighted by molar-refractivity contribution is 4.90. The normalized spacial score (nSPS) is 30.4. The van der Waals surface area contributed by atoms with Crippen LogP contribution in [0.2, 0.25) is 0 Å². The summed E-state index contributed by atoms with van der Waals surface area (Å²) in [5.41, 5.74) is 0. The first kappa shape index (κ1) is 17.3. The Bertz CT molecular complexity index is 273. The van der Waals surface area contributed by atoms with Crippen LogP contribution < -0.4 is 5.32 Å². The Morgan fingerprint density at radius 1 is 1.10 bits per heavy atom. The van der Waals surface area contributed by atoms with E-state index in [0.717, 1.165) is 18.0 Å². The van der Waals surface area contributed by atoms with Gasteiger partial charge >= 0.3 is 0 Å². The van der Waals surface area contributed by atoms with E-state index in [1.807, 2.05) is 0 Å². The third-order valence-corrected chi connectivity index (χ3v) is 5.91. The predicted molar refractivity (Wildman–Crippen MR) is 92.8 cm³/mol. The highest BCUT2D eigenvalue weighted by Crippen LogP contribution is 2.29. The lowest BCUT2D eigenvalue weighted by Crippen LogP contribution is -2.60. The van der Waals surface area contributed by atoms with Crippen molar-refractivity contribution in [1.82, 2.24) is 10.2 Å². The summed E-state index contributed by atoms with van der Waals surface area (Å²) < 4.78 is 0. The third-order valence-electron chi connectivity index (χ3n) is 5.91. The molecule has 3 unspecified atom stereocenters. The summed E-state index contributed by atoms with van der Waals surface area (Å²) in [7, 11) is 0. The van der Waals surface area contributed by atoms with Crippen LogP contribution in [0.15, 0.2) is 0 Å². The van der Waals surface area contributed by atoms with Gasteiger partial charge in [0.1, 0.15) is 0 Å². The van der Waals surface area contributed by atoms with Crippen LogP contribution >= 0.6 is 0 Å². The Morgan fingerprint density at radius 3 is 2.57 bits per heavy atom. The van der Waals surface area contributed by atoms with Gasteiger partial charge in [-0.15, -0.1) is 0 Å². The van der Waals surface area contributed by atoms with Crippen molar-refractivity contribution < 1.29 is 0 Å². The van der Waals surface area contributed by atoms with Gasteiger partial charge in [-0.1, -0.05) is 51.9 Å². The van der Waals surface area contributed by atoms with Gasteiger partial charge in [0.25, 0.3) is 0 Å². The summed E-state index contributed by atoms with van der Waals surface area (Å²) in [6.07, 6.45) is 14.3. The lowest BCUT2D eigenvalue weighted by molar-refractivity contribution is 0.0678. The molecule has 0 aromatic heterocycles. The first-order valence-corrected chi connectivity index (χ1v) is 9.71. The molecular weight excluding hydrogens is 256 g/mol. The van der Waals surface area contributed by atoms with E-state index in [0.29, 0.717) is 6.04 Å². The molecule has 1 aliphatic heterocycles. The van der Waals surface area contributed by atoms with Crippen molar-refractivity contribution in [2.75, 3.05) is 13.1 Å². The lowest BCUT2D eigenvalue weighted by atomic mass is 9.82. The number of hydrogen-bond donors (Lipinski definition) is 1. The number of nitrogens with zero attached hydrogens (tertiary/aromatic N) is 1. The van der Waals surface area contributed by atoms with Crippen LogP contribution in [0.1, 0.15) is 85.0 Å². The van der Waals surface area contributed by atoms with Crippen LogP contribution in [0.4, 0.5) is 0 Å². The van der Waals surface area contributed by atoms with E-state index in [4.69, 9.17) is 0 Å². The molecule has 2 fully saturated rings. The topological polar surface area (TPSA) is 15.3 Å². The van der Waals surface area contributed by atoms with E-state index in [2.05, 4.69) is 31.0 Å². The number of piperazine rings is 1. The molecule has 0 aromatic rings. The monoisotopic (exact) mass is 294 g/mol. The van der Waals surface area contributed by atoms with E-state index >= 15 is 0 Å². The highest BCUT2D eigenvalue weighted by Gasteiger charge is 2.32. The summed E-state index contributed by atoms with van der Waals surface area (Å²) in [4.78, 5) is 2.81. The molecule has 1 aliphatic carbocycles. The Morgan fingerprint density at radius 2 is 1.86 bits per heavy atom. The maximum atomic E-state index is 3.86. The van der Waals surface area contributed by atoms with Crippen molar-refractivity contribution in [1.29, 1.82) is 0 Å². The van der Waals surface area contributed by atoms with Crippen molar-refractivity contribution in [2.24, 2.45) is 5.92 Å². The van der Waals surface area contributed by atoms with Gasteiger partial charge in [0, 0.05) is 31.2 Å². The summed E-state index contributed by atoms with van der Waals surface area (Å²) in [5, 5.41) is 3.86. The second-order valence-electron chi connectivity index (χ2n) is 7.66. The molecule has 0 radical (unpaired) electrons. The second kappa shape index (κ2) is 9.15. The van der Waals surface area contributed by atoms with Crippen molar-refractivity contribution in [2.45, 2.75) is 103 Å². The number of hydrogen-bond acceptors (Lipinski definition) is 2. The van der Waals surface area contributed by atoms with Gasteiger partial charge in [-0.25, -0.2) is 0 Å².